The highest BCUT2D eigenvalue weighted by atomic mass is 32.2. The summed E-state index contributed by atoms with van der Waals surface area (Å²) in [6, 6.07) is 4.78. The lowest BCUT2D eigenvalue weighted by molar-refractivity contribution is -0.153. The first-order valence-corrected chi connectivity index (χ1v) is 7.32. The zero-order chi connectivity index (χ0) is 13.3. The summed E-state index contributed by atoms with van der Waals surface area (Å²) in [4.78, 5) is 11.6. The van der Waals surface area contributed by atoms with Crippen molar-refractivity contribution in [3.05, 3.63) is 29.3 Å². The molecule has 5 nitrogen and oxygen atoms in total. The molecule has 0 radical (unpaired) electrons. The zero-order valence-electron chi connectivity index (χ0n) is 9.92. The molecule has 2 rings (SSSR count). The summed E-state index contributed by atoms with van der Waals surface area (Å²) < 4.78 is 28.5. The van der Waals surface area contributed by atoms with Crippen LogP contribution < -0.4 is 0 Å². The Labute approximate surface area is 105 Å². The van der Waals surface area contributed by atoms with E-state index < -0.39 is 21.9 Å². The maximum atomic E-state index is 11.9. The number of fused-ring (bicyclic) bond motifs is 1. The average Bonchev–Trinajstić information content (AvgIpc) is 2.65. The lowest BCUT2D eigenvalue weighted by atomic mass is 10.0. The van der Waals surface area contributed by atoms with Crippen LogP contribution in [0.15, 0.2) is 23.1 Å². The number of benzene rings is 1. The maximum absolute atomic E-state index is 11.9. The topological polar surface area (TPSA) is 80.7 Å². The molecule has 0 amide bonds. The van der Waals surface area contributed by atoms with E-state index in [9.17, 15) is 18.3 Å². The number of esters is 1. The van der Waals surface area contributed by atoms with Gasteiger partial charge in [0, 0.05) is 5.56 Å². The zero-order valence-corrected chi connectivity index (χ0v) is 10.7. The Balaban J connectivity index is 2.48. The second-order valence-electron chi connectivity index (χ2n) is 4.06. The Morgan fingerprint density at radius 2 is 2.22 bits per heavy atom. The molecule has 1 aliphatic rings. The quantitative estimate of drug-likeness (QED) is 0.814. The summed E-state index contributed by atoms with van der Waals surface area (Å²) in [5.41, 5.74) is 0.763. The molecule has 0 saturated carbocycles. The summed E-state index contributed by atoms with van der Waals surface area (Å²) in [6.45, 7) is 1.76. The number of ether oxygens (including phenoxy) is 1. The first-order valence-electron chi connectivity index (χ1n) is 5.66. The first kappa shape index (κ1) is 13.0. The van der Waals surface area contributed by atoms with E-state index in [2.05, 4.69) is 0 Å². The van der Waals surface area contributed by atoms with Crippen molar-refractivity contribution in [2.45, 2.75) is 24.3 Å². The van der Waals surface area contributed by atoms with Crippen LogP contribution in [0.5, 0.6) is 0 Å². The third-order valence-electron chi connectivity index (χ3n) is 2.88. The summed E-state index contributed by atoms with van der Waals surface area (Å²) in [5, 5.41) is 9.88. The van der Waals surface area contributed by atoms with Crippen LogP contribution >= 0.6 is 0 Å². The van der Waals surface area contributed by atoms with Gasteiger partial charge < -0.3 is 9.84 Å². The minimum atomic E-state index is -3.40. The molecule has 1 aromatic rings. The van der Waals surface area contributed by atoms with Crippen molar-refractivity contribution in [2.24, 2.45) is 0 Å². The van der Waals surface area contributed by atoms with Gasteiger partial charge in [0.05, 0.1) is 17.3 Å². The maximum Gasteiger partial charge on any atom is 0.339 e. The molecule has 0 fully saturated rings. The van der Waals surface area contributed by atoms with Gasteiger partial charge in [-0.05, 0) is 18.9 Å². The lowest BCUT2D eigenvalue weighted by Gasteiger charge is -2.13. The van der Waals surface area contributed by atoms with E-state index in [1.165, 1.54) is 6.07 Å². The smallest absolute Gasteiger partial charge is 0.339 e. The molecular weight excluding hydrogens is 256 g/mol. The van der Waals surface area contributed by atoms with E-state index in [4.69, 9.17) is 4.74 Å². The molecular formula is C12H14O5S. The number of hydrogen-bond donors (Lipinski definition) is 1. The SMILES string of the molecule is CCOC(=O)C(O)c1cccc2c1S(=O)(=O)CC2. The number of rotatable bonds is 3. The van der Waals surface area contributed by atoms with Crippen LogP contribution in [-0.2, 0) is 25.8 Å². The van der Waals surface area contributed by atoms with Gasteiger partial charge in [0.25, 0.3) is 0 Å². The van der Waals surface area contributed by atoms with Crippen LogP contribution in [0.25, 0.3) is 0 Å². The van der Waals surface area contributed by atoms with Crippen molar-refractivity contribution in [3.63, 3.8) is 0 Å². The highest BCUT2D eigenvalue weighted by Crippen LogP contribution is 2.33. The fourth-order valence-electron chi connectivity index (χ4n) is 2.09. The minimum absolute atomic E-state index is 0.0227. The highest BCUT2D eigenvalue weighted by molar-refractivity contribution is 7.91. The van der Waals surface area contributed by atoms with Gasteiger partial charge in [0.15, 0.2) is 15.9 Å². The molecule has 1 aliphatic heterocycles. The minimum Gasteiger partial charge on any atom is -0.464 e. The number of aliphatic hydroxyl groups excluding tert-OH is 1. The third kappa shape index (κ3) is 2.13. The van der Waals surface area contributed by atoms with E-state index in [0.29, 0.717) is 12.0 Å². The number of aliphatic hydroxyl groups is 1. The molecule has 1 heterocycles. The molecule has 1 N–H and O–H groups in total. The van der Waals surface area contributed by atoms with Crippen molar-refractivity contribution >= 4 is 15.8 Å². The van der Waals surface area contributed by atoms with Gasteiger partial charge in [0.1, 0.15) is 0 Å². The monoisotopic (exact) mass is 270 g/mol. The second kappa shape index (κ2) is 4.70. The van der Waals surface area contributed by atoms with Gasteiger partial charge in [-0.3, -0.25) is 0 Å². The van der Waals surface area contributed by atoms with Crippen molar-refractivity contribution < 1.29 is 23.1 Å². The molecule has 0 saturated heterocycles. The van der Waals surface area contributed by atoms with Crippen LogP contribution in [0.4, 0.5) is 0 Å². The van der Waals surface area contributed by atoms with Crippen molar-refractivity contribution in [1.82, 2.24) is 0 Å². The summed E-state index contributed by atoms with van der Waals surface area (Å²) in [6.07, 6.45) is -1.13. The summed E-state index contributed by atoms with van der Waals surface area (Å²) in [7, 11) is -3.40. The average molecular weight is 270 g/mol. The van der Waals surface area contributed by atoms with E-state index in [0.717, 1.165) is 0 Å². The number of aryl methyl sites for hydroxylation is 1. The molecule has 0 spiro atoms. The number of sulfone groups is 1. The largest absolute Gasteiger partial charge is 0.464 e. The van der Waals surface area contributed by atoms with E-state index in [1.54, 1.807) is 19.1 Å². The van der Waals surface area contributed by atoms with E-state index in [1.807, 2.05) is 0 Å². The molecule has 6 heteroatoms. The van der Waals surface area contributed by atoms with Gasteiger partial charge in [-0.25, -0.2) is 13.2 Å². The molecule has 1 aromatic carbocycles. The standard InChI is InChI=1S/C12H14O5S/c1-2-17-12(14)10(13)9-5-3-4-8-6-7-18(15,16)11(8)9/h3-5,10,13H,2,6-7H2,1H3. The third-order valence-corrected chi connectivity index (χ3v) is 4.74. The Hall–Kier alpha value is -1.40. The van der Waals surface area contributed by atoms with Gasteiger partial charge in [-0.1, -0.05) is 18.2 Å². The van der Waals surface area contributed by atoms with Crippen molar-refractivity contribution in [3.8, 4) is 0 Å². The first-order chi connectivity index (χ1) is 8.47. The molecule has 0 aliphatic carbocycles. The van der Waals surface area contributed by atoms with Crippen LogP contribution in [0.2, 0.25) is 0 Å². The summed E-state index contributed by atoms with van der Waals surface area (Å²) in [5.74, 6) is -0.803. The number of carbonyl (C=O) groups excluding carboxylic acids is 1. The molecule has 0 aromatic heterocycles. The molecule has 98 valence electrons. The molecule has 1 unspecified atom stereocenters. The van der Waals surface area contributed by atoms with Gasteiger partial charge in [-0.2, -0.15) is 0 Å². The fraction of sp³-hybridized carbons (Fsp3) is 0.417. The van der Waals surface area contributed by atoms with Crippen molar-refractivity contribution in [2.75, 3.05) is 12.4 Å². The van der Waals surface area contributed by atoms with Crippen LogP contribution in [-0.4, -0.2) is 31.9 Å². The van der Waals surface area contributed by atoms with Crippen molar-refractivity contribution in [1.29, 1.82) is 0 Å². The van der Waals surface area contributed by atoms with Crippen LogP contribution in [0, 0.1) is 0 Å². The number of hydrogen-bond acceptors (Lipinski definition) is 5. The van der Waals surface area contributed by atoms with Gasteiger partial charge in [0.2, 0.25) is 0 Å². The van der Waals surface area contributed by atoms with Crippen LogP contribution in [0.1, 0.15) is 24.2 Å². The number of carbonyl (C=O) groups is 1. The molecule has 0 bridgehead atoms. The predicted octanol–water partition coefficient (Wildman–Crippen LogP) is 0.613. The Morgan fingerprint density at radius 3 is 2.89 bits per heavy atom. The fourth-order valence-corrected chi connectivity index (χ4v) is 3.89. The van der Waals surface area contributed by atoms with E-state index in [-0.39, 0.29) is 22.8 Å². The predicted molar refractivity (Wildman–Crippen MR) is 63.8 cm³/mol. The van der Waals surface area contributed by atoms with Crippen LogP contribution in [0.3, 0.4) is 0 Å². The Kier molecular flexibility index (Phi) is 3.41. The van der Waals surface area contributed by atoms with Gasteiger partial charge >= 0.3 is 5.97 Å². The molecule has 1 atom stereocenters. The Morgan fingerprint density at radius 1 is 1.50 bits per heavy atom. The lowest BCUT2D eigenvalue weighted by Crippen LogP contribution is -2.18. The van der Waals surface area contributed by atoms with Gasteiger partial charge in [-0.15, -0.1) is 0 Å². The van der Waals surface area contributed by atoms with E-state index >= 15 is 0 Å². The normalized spacial score (nSPS) is 18.1. The molecule has 18 heavy (non-hydrogen) atoms. The second-order valence-corrected chi connectivity index (χ2v) is 6.10. The summed E-state index contributed by atoms with van der Waals surface area (Å²) >= 11 is 0. The highest BCUT2D eigenvalue weighted by Gasteiger charge is 2.33. The Bertz CT molecular complexity index is 576.